The molecule has 0 aliphatic carbocycles. The number of hydrogen-bond donors (Lipinski definition) is 1. The molecule has 1 N–H and O–H groups in total. The summed E-state index contributed by atoms with van der Waals surface area (Å²) in [5, 5.41) is 6.08. The van der Waals surface area contributed by atoms with Crippen molar-refractivity contribution in [3.63, 3.8) is 0 Å². The molecule has 2 heterocycles. The van der Waals surface area contributed by atoms with Gasteiger partial charge in [-0.05, 0) is 18.6 Å². The Morgan fingerprint density at radius 2 is 1.85 bits per heavy atom. The molecule has 0 aliphatic heterocycles. The van der Waals surface area contributed by atoms with Gasteiger partial charge in [0.05, 0.1) is 5.69 Å². The van der Waals surface area contributed by atoms with Gasteiger partial charge in [-0.25, -0.2) is 4.98 Å². The summed E-state index contributed by atoms with van der Waals surface area (Å²) >= 11 is 1.61. The van der Waals surface area contributed by atoms with Crippen LogP contribution in [-0.4, -0.2) is 17.0 Å². The van der Waals surface area contributed by atoms with Crippen LogP contribution in [0.1, 0.15) is 5.69 Å². The SMILES string of the molecule is CNc1nc(-c2ccccc2-c2ccc(C)nc2)cs1. The first-order valence-corrected chi connectivity index (χ1v) is 7.31. The van der Waals surface area contributed by atoms with Crippen molar-refractivity contribution >= 4 is 16.5 Å². The van der Waals surface area contributed by atoms with Crippen LogP contribution in [0.5, 0.6) is 0 Å². The molecule has 0 unspecified atom stereocenters. The summed E-state index contributed by atoms with van der Waals surface area (Å²) in [4.78, 5) is 8.97. The Balaban J connectivity index is 2.10. The van der Waals surface area contributed by atoms with E-state index in [-0.39, 0.29) is 0 Å². The summed E-state index contributed by atoms with van der Waals surface area (Å²) in [6.07, 6.45) is 1.92. The monoisotopic (exact) mass is 281 g/mol. The lowest BCUT2D eigenvalue weighted by Gasteiger charge is -2.07. The van der Waals surface area contributed by atoms with Gasteiger partial charge in [-0.15, -0.1) is 11.3 Å². The van der Waals surface area contributed by atoms with Crippen LogP contribution in [0.2, 0.25) is 0 Å². The van der Waals surface area contributed by atoms with Crippen LogP contribution >= 0.6 is 11.3 Å². The fourth-order valence-electron chi connectivity index (χ4n) is 2.10. The first-order valence-electron chi connectivity index (χ1n) is 6.43. The number of aromatic nitrogens is 2. The number of aryl methyl sites for hydroxylation is 1. The fourth-order valence-corrected chi connectivity index (χ4v) is 2.77. The Hall–Kier alpha value is -2.20. The molecule has 0 amide bonds. The maximum Gasteiger partial charge on any atom is 0.182 e. The molecule has 3 aromatic rings. The Morgan fingerprint density at radius 1 is 1.05 bits per heavy atom. The molecule has 20 heavy (non-hydrogen) atoms. The average molecular weight is 281 g/mol. The number of thiazole rings is 1. The maximum atomic E-state index is 4.59. The first-order chi connectivity index (χ1) is 9.78. The summed E-state index contributed by atoms with van der Waals surface area (Å²) in [5.74, 6) is 0. The normalized spacial score (nSPS) is 10.5. The highest BCUT2D eigenvalue weighted by molar-refractivity contribution is 7.14. The van der Waals surface area contributed by atoms with E-state index in [4.69, 9.17) is 0 Å². The van der Waals surface area contributed by atoms with E-state index in [0.717, 1.165) is 33.2 Å². The molecule has 0 saturated carbocycles. The van der Waals surface area contributed by atoms with E-state index in [1.807, 2.05) is 38.4 Å². The minimum atomic E-state index is 0.928. The highest BCUT2D eigenvalue weighted by Crippen LogP contribution is 2.33. The molecule has 0 atom stereocenters. The highest BCUT2D eigenvalue weighted by atomic mass is 32.1. The molecule has 100 valence electrons. The van der Waals surface area contributed by atoms with Gasteiger partial charge in [-0.1, -0.05) is 30.3 Å². The lowest BCUT2D eigenvalue weighted by atomic mass is 9.99. The molecule has 0 saturated heterocycles. The topological polar surface area (TPSA) is 37.8 Å². The summed E-state index contributed by atoms with van der Waals surface area (Å²) < 4.78 is 0. The molecule has 0 bridgehead atoms. The predicted octanol–water partition coefficient (Wildman–Crippen LogP) is 4.22. The Labute approximate surface area is 122 Å². The number of nitrogens with zero attached hydrogens (tertiary/aromatic N) is 2. The van der Waals surface area contributed by atoms with E-state index < -0.39 is 0 Å². The van der Waals surface area contributed by atoms with Gasteiger partial charge in [0.1, 0.15) is 0 Å². The van der Waals surface area contributed by atoms with Crippen LogP contribution in [0.3, 0.4) is 0 Å². The van der Waals surface area contributed by atoms with Crippen molar-refractivity contribution in [2.24, 2.45) is 0 Å². The summed E-state index contributed by atoms with van der Waals surface area (Å²) in [7, 11) is 1.89. The van der Waals surface area contributed by atoms with Crippen molar-refractivity contribution < 1.29 is 0 Å². The van der Waals surface area contributed by atoms with Crippen LogP contribution < -0.4 is 5.32 Å². The molecular weight excluding hydrogens is 266 g/mol. The van der Waals surface area contributed by atoms with E-state index in [1.165, 1.54) is 0 Å². The third-order valence-corrected chi connectivity index (χ3v) is 4.00. The van der Waals surface area contributed by atoms with Crippen molar-refractivity contribution in [2.75, 3.05) is 12.4 Å². The van der Waals surface area contributed by atoms with E-state index in [9.17, 15) is 0 Å². The van der Waals surface area contributed by atoms with Gasteiger partial charge in [0.25, 0.3) is 0 Å². The predicted molar refractivity (Wildman–Crippen MR) is 85.1 cm³/mol. The second-order valence-electron chi connectivity index (χ2n) is 4.52. The first kappa shape index (κ1) is 12.8. The second-order valence-corrected chi connectivity index (χ2v) is 5.38. The molecular formula is C16H15N3S. The average Bonchev–Trinajstić information content (AvgIpc) is 2.97. The van der Waals surface area contributed by atoms with E-state index in [0.29, 0.717) is 0 Å². The van der Waals surface area contributed by atoms with Crippen molar-refractivity contribution in [2.45, 2.75) is 6.92 Å². The molecule has 0 aliphatic rings. The molecule has 0 radical (unpaired) electrons. The zero-order chi connectivity index (χ0) is 13.9. The van der Waals surface area contributed by atoms with Gasteiger partial charge < -0.3 is 5.32 Å². The molecule has 3 nitrogen and oxygen atoms in total. The van der Waals surface area contributed by atoms with Crippen molar-refractivity contribution in [3.8, 4) is 22.4 Å². The van der Waals surface area contributed by atoms with E-state index >= 15 is 0 Å². The largest absolute Gasteiger partial charge is 0.365 e. The molecule has 1 aromatic carbocycles. The van der Waals surface area contributed by atoms with E-state index in [2.05, 4.69) is 38.9 Å². The van der Waals surface area contributed by atoms with Crippen LogP contribution in [0.15, 0.2) is 48.0 Å². The quantitative estimate of drug-likeness (QED) is 0.781. The standard InChI is InChI=1S/C16H15N3S/c1-11-7-8-12(9-18-11)13-5-3-4-6-14(13)15-10-20-16(17-2)19-15/h3-10H,1-2H3,(H,17,19). The van der Waals surface area contributed by atoms with Gasteiger partial charge in [-0.3, -0.25) is 4.98 Å². The Bertz CT molecular complexity index is 717. The van der Waals surface area contributed by atoms with Crippen LogP contribution in [-0.2, 0) is 0 Å². The minimum absolute atomic E-state index is 0.928. The summed E-state index contributed by atoms with van der Waals surface area (Å²) in [6, 6.07) is 12.4. The number of nitrogens with one attached hydrogen (secondary N) is 1. The second kappa shape index (κ2) is 5.43. The van der Waals surface area contributed by atoms with Gasteiger partial charge in [0.2, 0.25) is 0 Å². The minimum Gasteiger partial charge on any atom is -0.365 e. The molecule has 2 aromatic heterocycles. The maximum absolute atomic E-state index is 4.59. The van der Waals surface area contributed by atoms with Gasteiger partial charge in [0, 0.05) is 35.4 Å². The zero-order valence-corrected chi connectivity index (χ0v) is 12.2. The molecule has 3 rings (SSSR count). The van der Waals surface area contributed by atoms with Crippen LogP contribution in [0.4, 0.5) is 5.13 Å². The number of rotatable bonds is 3. The third-order valence-electron chi connectivity index (χ3n) is 3.14. The van der Waals surface area contributed by atoms with Gasteiger partial charge in [-0.2, -0.15) is 0 Å². The van der Waals surface area contributed by atoms with Crippen molar-refractivity contribution in [1.82, 2.24) is 9.97 Å². The van der Waals surface area contributed by atoms with Gasteiger partial charge in [0.15, 0.2) is 5.13 Å². The lowest BCUT2D eigenvalue weighted by molar-refractivity contribution is 1.20. The van der Waals surface area contributed by atoms with Gasteiger partial charge >= 0.3 is 0 Å². The van der Waals surface area contributed by atoms with Crippen molar-refractivity contribution in [3.05, 3.63) is 53.7 Å². The number of pyridine rings is 1. The number of anilines is 1. The van der Waals surface area contributed by atoms with Crippen molar-refractivity contribution in [1.29, 1.82) is 0 Å². The molecule has 0 spiro atoms. The highest BCUT2D eigenvalue weighted by Gasteiger charge is 2.10. The number of benzene rings is 1. The molecule has 0 fully saturated rings. The van der Waals surface area contributed by atoms with E-state index in [1.54, 1.807) is 11.3 Å². The fraction of sp³-hybridized carbons (Fsp3) is 0.125. The summed E-state index contributed by atoms with van der Waals surface area (Å²) in [6.45, 7) is 2.00. The zero-order valence-electron chi connectivity index (χ0n) is 11.4. The number of hydrogen-bond acceptors (Lipinski definition) is 4. The smallest absolute Gasteiger partial charge is 0.182 e. The molecule has 4 heteroatoms. The third kappa shape index (κ3) is 2.42. The Kier molecular flexibility index (Phi) is 3.48. The lowest BCUT2D eigenvalue weighted by Crippen LogP contribution is -1.89. The van der Waals surface area contributed by atoms with Crippen LogP contribution in [0, 0.1) is 6.92 Å². The Morgan fingerprint density at radius 3 is 2.50 bits per heavy atom. The van der Waals surface area contributed by atoms with Crippen LogP contribution in [0.25, 0.3) is 22.4 Å². The summed E-state index contributed by atoms with van der Waals surface area (Å²) in [5.41, 5.74) is 5.43.